The van der Waals surface area contributed by atoms with E-state index in [1.54, 1.807) is 0 Å². The summed E-state index contributed by atoms with van der Waals surface area (Å²) in [5, 5.41) is 0. The predicted molar refractivity (Wildman–Crippen MR) is 98.3 cm³/mol. The van der Waals surface area contributed by atoms with E-state index in [-0.39, 0.29) is 0 Å². The van der Waals surface area contributed by atoms with Crippen molar-refractivity contribution in [1.29, 1.82) is 0 Å². The van der Waals surface area contributed by atoms with E-state index in [0.29, 0.717) is 0 Å². The standard InChI is InChI=1S/C18H26GeN2/c1-19(2,15-9-7-11-17(13-15)20(3)4)16-10-8-12-18(14-16)21(5)6/h7-14H,1-6H3. The van der Waals surface area contributed by atoms with Crippen molar-refractivity contribution >= 4 is 33.4 Å². The van der Waals surface area contributed by atoms with Crippen LogP contribution in [0, 0.1) is 0 Å². The van der Waals surface area contributed by atoms with Gasteiger partial charge in [0.15, 0.2) is 0 Å². The van der Waals surface area contributed by atoms with Gasteiger partial charge in [-0.25, -0.2) is 0 Å². The molecule has 0 aliphatic rings. The second kappa shape index (κ2) is 6.14. The Hall–Kier alpha value is -1.42. The van der Waals surface area contributed by atoms with Crippen LogP contribution in [0.3, 0.4) is 0 Å². The first kappa shape index (κ1) is 16.0. The maximum atomic E-state index is 2.48. The first-order chi connectivity index (χ1) is 9.82. The molecule has 2 rings (SSSR count). The SMILES string of the molecule is CN(C)c1ccc[c]([Ge]([CH3])([CH3])[c]2cccc(N(C)C)c2)c1. The summed E-state index contributed by atoms with van der Waals surface area (Å²) in [4.78, 5) is 4.36. The van der Waals surface area contributed by atoms with Crippen LogP contribution in [0.4, 0.5) is 11.4 Å². The fourth-order valence-electron chi connectivity index (χ4n) is 2.51. The molecule has 0 fully saturated rings. The Bertz CT molecular complexity index is 565. The molecule has 21 heavy (non-hydrogen) atoms. The van der Waals surface area contributed by atoms with Crippen molar-refractivity contribution in [2.45, 2.75) is 11.5 Å². The zero-order chi connectivity index (χ0) is 15.6. The number of hydrogen-bond acceptors (Lipinski definition) is 2. The summed E-state index contributed by atoms with van der Waals surface area (Å²) in [5.74, 6) is 4.95. The molecule has 0 spiro atoms. The van der Waals surface area contributed by atoms with Crippen molar-refractivity contribution in [1.82, 2.24) is 0 Å². The van der Waals surface area contributed by atoms with Gasteiger partial charge >= 0.3 is 131 Å². The van der Waals surface area contributed by atoms with E-state index < -0.39 is 13.3 Å². The van der Waals surface area contributed by atoms with Gasteiger partial charge in [-0.2, -0.15) is 0 Å². The zero-order valence-corrected chi connectivity index (χ0v) is 16.1. The van der Waals surface area contributed by atoms with Crippen molar-refractivity contribution < 1.29 is 0 Å². The van der Waals surface area contributed by atoms with Gasteiger partial charge in [-0.1, -0.05) is 0 Å². The van der Waals surface area contributed by atoms with E-state index >= 15 is 0 Å². The minimum absolute atomic E-state index is 1.29. The fraction of sp³-hybridized carbons (Fsp3) is 0.333. The maximum absolute atomic E-state index is 2.48. The average molecular weight is 343 g/mol. The summed E-state index contributed by atoms with van der Waals surface area (Å²) in [6.07, 6.45) is 0. The summed E-state index contributed by atoms with van der Waals surface area (Å²) < 4.78 is 3.05. The molecular formula is C18H26GeN2. The Kier molecular flexibility index (Phi) is 4.67. The predicted octanol–water partition coefficient (Wildman–Crippen LogP) is 2.64. The molecule has 0 aromatic heterocycles. The second-order valence-electron chi connectivity index (χ2n) is 6.51. The molecule has 0 atom stereocenters. The first-order valence-electron chi connectivity index (χ1n) is 7.38. The van der Waals surface area contributed by atoms with Crippen molar-refractivity contribution in [3.05, 3.63) is 48.5 Å². The third-order valence-electron chi connectivity index (χ3n) is 4.17. The van der Waals surface area contributed by atoms with Crippen LogP contribution in [0.5, 0.6) is 0 Å². The van der Waals surface area contributed by atoms with E-state index in [0.717, 1.165) is 0 Å². The van der Waals surface area contributed by atoms with Crippen LogP contribution >= 0.6 is 0 Å². The number of benzene rings is 2. The number of hydrogen-bond donors (Lipinski definition) is 0. The van der Waals surface area contributed by atoms with Crippen molar-refractivity contribution in [3.63, 3.8) is 0 Å². The van der Waals surface area contributed by atoms with Crippen molar-refractivity contribution in [2.24, 2.45) is 0 Å². The molecule has 0 saturated carbocycles. The molecule has 112 valence electrons. The van der Waals surface area contributed by atoms with Crippen LogP contribution in [0.15, 0.2) is 48.5 Å². The molecule has 3 heteroatoms. The molecule has 0 radical (unpaired) electrons. The zero-order valence-electron chi connectivity index (χ0n) is 14.0. The summed E-state index contributed by atoms with van der Waals surface area (Å²) in [6.45, 7) is 0. The molecule has 2 aromatic carbocycles. The minimum atomic E-state index is -2.24. The number of rotatable bonds is 4. The van der Waals surface area contributed by atoms with Gasteiger partial charge in [-0.3, -0.25) is 0 Å². The molecule has 0 bridgehead atoms. The summed E-state index contributed by atoms with van der Waals surface area (Å²) in [7, 11) is 8.41. The normalized spacial score (nSPS) is 11.3. The van der Waals surface area contributed by atoms with Crippen LogP contribution in [0.2, 0.25) is 11.5 Å². The van der Waals surface area contributed by atoms with Gasteiger partial charge in [0, 0.05) is 0 Å². The Morgan fingerprint density at radius 1 is 0.667 bits per heavy atom. The quantitative estimate of drug-likeness (QED) is 0.788. The van der Waals surface area contributed by atoms with Gasteiger partial charge in [0.1, 0.15) is 0 Å². The Balaban J connectivity index is 2.46. The van der Waals surface area contributed by atoms with Gasteiger partial charge in [-0.05, 0) is 0 Å². The van der Waals surface area contributed by atoms with Crippen LogP contribution in [0.1, 0.15) is 0 Å². The van der Waals surface area contributed by atoms with E-state index in [4.69, 9.17) is 0 Å². The molecule has 0 heterocycles. The second-order valence-corrected chi connectivity index (χ2v) is 15.8. The molecule has 2 aromatic rings. The molecule has 0 amide bonds. The number of anilines is 2. The van der Waals surface area contributed by atoms with Crippen LogP contribution < -0.4 is 18.6 Å². The van der Waals surface area contributed by atoms with E-state index in [1.807, 2.05) is 0 Å². The molecule has 0 aliphatic heterocycles. The molecule has 0 unspecified atom stereocenters. The van der Waals surface area contributed by atoms with Crippen LogP contribution in [0.25, 0.3) is 0 Å². The number of nitrogens with zero attached hydrogens (tertiary/aromatic N) is 2. The summed E-state index contributed by atoms with van der Waals surface area (Å²) in [5.41, 5.74) is 2.57. The molecule has 0 N–H and O–H groups in total. The Labute approximate surface area is 131 Å². The van der Waals surface area contributed by atoms with Gasteiger partial charge in [-0.15, -0.1) is 0 Å². The topological polar surface area (TPSA) is 6.48 Å². The molecule has 0 saturated heterocycles. The first-order valence-corrected chi connectivity index (χ1v) is 13.7. The Morgan fingerprint density at radius 2 is 1.05 bits per heavy atom. The third kappa shape index (κ3) is 3.43. The molecule has 0 aliphatic carbocycles. The van der Waals surface area contributed by atoms with Crippen LogP contribution in [-0.2, 0) is 0 Å². The van der Waals surface area contributed by atoms with E-state index in [2.05, 4.69) is 98.0 Å². The Morgan fingerprint density at radius 3 is 1.38 bits per heavy atom. The molecule has 2 nitrogen and oxygen atoms in total. The monoisotopic (exact) mass is 344 g/mol. The van der Waals surface area contributed by atoms with Gasteiger partial charge in [0.2, 0.25) is 0 Å². The van der Waals surface area contributed by atoms with Gasteiger partial charge in [0.25, 0.3) is 0 Å². The third-order valence-corrected chi connectivity index (χ3v) is 11.5. The fourth-order valence-corrected chi connectivity index (χ4v) is 7.50. The van der Waals surface area contributed by atoms with Gasteiger partial charge in [0.05, 0.1) is 0 Å². The molecular weight excluding hydrogens is 317 g/mol. The summed E-state index contributed by atoms with van der Waals surface area (Å²) >= 11 is -2.24. The van der Waals surface area contributed by atoms with E-state index in [1.165, 1.54) is 20.2 Å². The van der Waals surface area contributed by atoms with Crippen LogP contribution in [-0.4, -0.2) is 41.5 Å². The van der Waals surface area contributed by atoms with E-state index in [9.17, 15) is 0 Å². The van der Waals surface area contributed by atoms with Crippen molar-refractivity contribution in [2.75, 3.05) is 38.0 Å². The summed E-state index contributed by atoms with van der Waals surface area (Å²) in [6, 6.07) is 18.1. The van der Waals surface area contributed by atoms with Crippen molar-refractivity contribution in [3.8, 4) is 0 Å². The van der Waals surface area contributed by atoms with Gasteiger partial charge < -0.3 is 0 Å². The average Bonchev–Trinajstić information content (AvgIpc) is 2.47.